The third-order valence-electron chi connectivity index (χ3n) is 5.25. The van der Waals surface area contributed by atoms with Gasteiger partial charge in [-0.05, 0) is 52.8 Å². The van der Waals surface area contributed by atoms with E-state index >= 15 is 0 Å². The number of carbonyl (C=O) groups excluding carboxylic acids is 1. The molecule has 0 aliphatic carbocycles. The number of nitrogens with zero attached hydrogens (tertiary/aromatic N) is 2. The van der Waals surface area contributed by atoms with E-state index in [-0.39, 0.29) is 19.0 Å². The average molecular weight is 452 g/mol. The van der Waals surface area contributed by atoms with Crippen LogP contribution in [0, 0.1) is 5.82 Å². The fraction of sp³-hybridized carbons (Fsp3) is 0.208. The maximum absolute atomic E-state index is 13.2. The second-order valence-corrected chi connectivity index (χ2v) is 8.76. The second-order valence-electron chi connectivity index (χ2n) is 7.85. The highest BCUT2D eigenvalue weighted by Gasteiger charge is 2.17. The number of carbonyl (C=O) groups is 1. The fourth-order valence-corrected chi connectivity index (χ4v) is 4.34. The number of nitrogens with one attached hydrogen (secondary N) is 1. The number of fused-ring (bicyclic) bond motifs is 1. The lowest BCUT2D eigenvalue weighted by molar-refractivity contribution is -0.116. The van der Waals surface area contributed by atoms with E-state index in [9.17, 15) is 18.8 Å². The normalized spacial score (nSPS) is 11.2. The Balaban J connectivity index is 1.65. The molecule has 8 heteroatoms. The van der Waals surface area contributed by atoms with Crippen LogP contribution in [0.5, 0.6) is 0 Å². The summed E-state index contributed by atoms with van der Waals surface area (Å²) >= 11 is 1.21. The maximum atomic E-state index is 13.2. The number of amides is 1. The number of hydrogen-bond donors (Lipinski definition) is 1. The van der Waals surface area contributed by atoms with Crippen LogP contribution in [-0.4, -0.2) is 15.0 Å². The van der Waals surface area contributed by atoms with E-state index in [1.54, 1.807) is 11.4 Å². The number of hydrogen-bond acceptors (Lipinski definition) is 4. The van der Waals surface area contributed by atoms with Gasteiger partial charge in [0, 0.05) is 5.69 Å². The van der Waals surface area contributed by atoms with Gasteiger partial charge in [-0.3, -0.25) is 18.7 Å². The second kappa shape index (κ2) is 8.92. The third-order valence-corrected chi connectivity index (χ3v) is 6.14. The van der Waals surface area contributed by atoms with Crippen molar-refractivity contribution in [3.05, 3.63) is 97.8 Å². The van der Waals surface area contributed by atoms with E-state index in [1.165, 1.54) is 40.2 Å². The molecule has 4 aromatic rings. The lowest BCUT2D eigenvalue weighted by atomic mass is 10.0. The monoisotopic (exact) mass is 451 g/mol. The molecule has 0 atom stereocenters. The van der Waals surface area contributed by atoms with Crippen molar-refractivity contribution < 1.29 is 9.18 Å². The van der Waals surface area contributed by atoms with Crippen LogP contribution in [0.25, 0.3) is 10.2 Å². The Morgan fingerprint density at radius 2 is 1.69 bits per heavy atom. The zero-order valence-corrected chi connectivity index (χ0v) is 18.5. The van der Waals surface area contributed by atoms with Crippen LogP contribution in [0.4, 0.5) is 10.1 Å². The molecule has 0 saturated carbocycles. The molecule has 0 spiro atoms. The molecule has 32 heavy (non-hydrogen) atoms. The zero-order chi connectivity index (χ0) is 22.8. The molecule has 0 unspecified atom stereocenters. The van der Waals surface area contributed by atoms with Crippen LogP contribution in [0.1, 0.15) is 30.9 Å². The number of thiophene rings is 1. The lowest BCUT2D eigenvalue weighted by Crippen LogP contribution is -2.41. The van der Waals surface area contributed by atoms with Crippen molar-refractivity contribution in [3.63, 3.8) is 0 Å². The molecule has 164 valence electrons. The van der Waals surface area contributed by atoms with Crippen LogP contribution in [0.3, 0.4) is 0 Å². The Hall–Kier alpha value is -3.52. The molecular formula is C24H22FN3O3S. The van der Waals surface area contributed by atoms with Crippen LogP contribution < -0.4 is 16.6 Å². The number of rotatable bonds is 6. The number of benzene rings is 2. The Morgan fingerprint density at radius 3 is 2.34 bits per heavy atom. The molecule has 6 nitrogen and oxygen atoms in total. The highest BCUT2D eigenvalue weighted by molar-refractivity contribution is 7.17. The smallest absolute Gasteiger partial charge is 0.325 e. The summed E-state index contributed by atoms with van der Waals surface area (Å²) in [5.74, 6) is -0.387. The molecule has 1 amide bonds. The van der Waals surface area contributed by atoms with E-state index in [2.05, 4.69) is 19.2 Å². The minimum Gasteiger partial charge on any atom is -0.325 e. The number of aromatic nitrogens is 2. The Kier molecular flexibility index (Phi) is 6.05. The van der Waals surface area contributed by atoms with E-state index in [4.69, 9.17) is 0 Å². The third kappa shape index (κ3) is 4.40. The molecule has 0 fully saturated rings. The Bertz CT molecular complexity index is 1380. The summed E-state index contributed by atoms with van der Waals surface area (Å²) in [7, 11) is 0. The van der Waals surface area contributed by atoms with Crippen molar-refractivity contribution in [1.29, 1.82) is 0 Å². The average Bonchev–Trinajstić information content (AvgIpc) is 3.26. The number of anilines is 1. The summed E-state index contributed by atoms with van der Waals surface area (Å²) in [6.07, 6.45) is 0. The number of halogens is 1. The molecule has 0 radical (unpaired) electrons. The standard InChI is InChI=1S/C24H22FN3O3S/c1-15(2)17-5-9-19(10-6-17)26-21(29)14-27-20-11-12-32-22(20)23(30)28(24(27)31)13-16-3-7-18(25)8-4-16/h3-12,15H,13-14H2,1-2H3,(H,26,29). The van der Waals surface area contributed by atoms with Gasteiger partial charge in [-0.1, -0.05) is 38.1 Å². The SMILES string of the molecule is CC(C)c1ccc(NC(=O)Cn2c(=O)n(Cc3ccc(F)cc3)c(=O)c3sccc32)cc1. The molecule has 2 aromatic carbocycles. The molecule has 0 aliphatic heterocycles. The quantitative estimate of drug-likeness (QED) is 0.478. The van der Waals surface area contributed by atoms with E-state index in [0.29, 0.717) is 27.4 Å². The topological polar surface area (TPSA) is 73.1 Å². The summed E-state index contributed by atoms with van der Waals surface area (Å²) in [5, 5.41) is 4.52. The first-order valence-electron chi connectivity index (χ1n) is 10.2. The minimum absolute atomic E-state index is 0.00985. The van der Waals surface area contributed by atoms with Crippen molar-refractivity contribution in [2.75, 3.05) is 5.32 Å². The molecule has 0 saturated heterocycles. The van der Waals surface area contributed by atoms with Crippen molar-refractivity contribution in [2.45, 2.75) is 32.9 Å². The molecule has 4 rings (SSSR count). The first-order chi connectivity index (χ1) is 15.3. The van der Waals surface area contributed by atoms with Gasteiger partial charge in [-0.2, -0.15) is 0 Å². The molecule has 2 heterocycles. The van der Waals surface area contributed by atoms with Gasteiger partial charge < -0.3 is 5.32 Å². The Labute approximate surface area is 187 Å². The predicted octanol–water partition coefficient (Wildman–Crippen LogP) is 4.17. The molecular weight excluding hydrogens is 429 g/mol. The molecule has 2 aromatic heterocycles. The first kappa shape index (κ1) is 21.7. The van der Waals surface area contributed by atoms with Crippen LogP contribution in [0.2, 0.25) is 0 Å². The summed E-state index contributed by atoms with van der Waals surface area (Å²) in [4.78, 5) is 38.8. The summed E-state index contributed by atoms with van der Waals surface area (Å²) in [6.45, 7) is 3.94. The molecule has 1 N–H and O–H groups in total. The fourth-order valence-electron chi connectivity index (χ4n) is 3.49. The minimum atomic E-state index is -0.587. The summed E-state index contributed by atoms with van der Waals surface area (Å²) < 4.78 is 16.0. The van der Waals surface area contributed by atoms with Gasteiger partial charge >= 0.3 is 5.69 Å². The van der Waals surface area contributed by atoms with Gasteiger partial charge in [0.2, 0.25) is 5.91 Å². The van der Waals surface area contributed by atoms with Gasteiger partial charge in [0.1, 0.15) is 17.1 Å². The van der Waals surface area contributed by atoms with Gasteiger partial charge in [0.25, 0.3) is 5.56 Å². The largest absolute Gasteiger partial charge is 0.332 e. The lowest BCUT2D eigenvalue weighted by Gasteiger charge is -2.13. The Morgan fingerprint density at radius 1 is 1.00 bits per heavy atom. The van der Waals surface area contributed by atoms with Crippen molar-refractivity contribution >= 4 is 33.1 Å². The maximum Gasteiger partial charge on any atom is 0.332 e. The van der Waals surface area contributed by atoms with E-state index in [0.717, 1.165) is 10.1 Å². The molecule has 0 bridgehead atoms. The van der Waals surface area contributed by atoms with E-state index in [1.807, 2.05) is 24.3 Å². The van der Waals surface area contributed by atoms with Gasteiger partial charge in [-0.15, -0.1) is 11.3 Å². The zero-order valence-electron chi connectivity index (χ0n) is 17.7. The highest BCUT2D eigenvalue weighted by atomic mass is 32.1. The van der Waals surface area contributed by atoms with Gasteiger partial charge in [0.15, 0.2) is 0 Å². The predicted molar refractivity (Wildman–Crippen MR) is 125 cm³/mol. The van der Waals surface area contributed by atoms with Crippen LogP contribution in [0.15, 0.2) is 69.6 Å². The van der Waals surface area contributed by atoms with Crippen LogP contribution >= 0.6 is 11.3 Å². The summed E-state index contributed by atoms with van der Waals surface area (Å²) in [5.41, 5.74) is 1.81. The van der Waals surface area contributed by atoms with Crippen LogP contribution in [-0.2, 0) is 17.9 Å². The van der Waals surface area contributed by atoms with Crippen molar-refractivity contribution in [3.8, 4) is 0 Å². The first-order valence-corrected chi connectivity index (χ1v) is 11.1. The van der Waals surface area contributed by atoms with Crippen molar-refractivity contribution in [1.82, 2.24) is 9.13 Å². The summed E-state index contributed by atoms with van der Waals surface area (Å²) in [6, 6.07) is 14.8. The van der Waals surface area contributed by atoms with E-state index < -0.39 is 17.1 Å². The van der Waals surface area contributed by atoms with Gasteiger partial charge in [-0.25, -0.2) is 9.18 Å². The van der Waals surface area contributed by atoms with Crippen molar-refractivity contribution in [2.24, 2.45) is 0 Å². The molecule has 0 aliphatic rings. The van der Waals surface area contributed by atoms with Gasteiger partial charge in [0.05, 0.1) is 12.1 Å². The highest BCUT2D eigenvalue weighted by Crippen LogP contribution is 2.18.